The number of unbranched alkanes of at least 4 members (excludes halogenated alkanes) is 1. The molecule has 0 saturated heterocycles. The van der Waals surface area contributed by atoms with E-state index in [1.54, 1.807) is 0 Å². The van der Waals surface area contributed by atoms with Gasteiger partial charge in [-0.2, -0.15) is 0 Å². The molecule has 0 aliphatic rings. The van der Waals surface area contributed by atoms with Gasteiger partial charge in [0.2, 0.25) is 0 Å². The van der Waals surface area contributed by atoms with Gasteiger partial charge in [-0.15, -0.1) is 0 Å². The minimum absolute atomic E-state index is 0.127. The largest absolute Gasteiger partial charge is 0.466 e. The highest BCUT2D eigenvalue weighted by Gasteiger charge is 1.99. The van der Waals surface area contributed by atoms with Crippen molar-refractivity contribution in [2.45, 2.75) is 33.1 Å². The summed E-state index contributed by atoms with van der Waals surface area (Å²) in [6, 6.07) is 0. The molecule has 0 N–H and O–H groups in total. The Bertz CT molecular complexity index is 143. The van der Waals surface area contributed by atoms with Crippen molar-refractivity contribution in [2.24, 2.45) is 5.92 Å². The molecule has 0 aliphatic carbocycles. The summed E-state index contributed by atoms with van der Waals surface area (Å²) in [4.78, 5) is 20.5. The van der Waals surface area contributed by atoms with Gasteiger partial charge >= 0.3 is 5.97 Å². The minimum Gasteiger partial charge on any atom is -0.466 e. The number of carbonyl (C=O) groups excluding carboxylic acids is 2. The van der Waals surface area contributed by atoms with E-state index in [-0.39, 0.29) is 11.9 Å². The molecule has 0 radical (unpaired) electrons. The number of carbonyl (C=O) groups is 2. The predicted octanol–water partition coefficient (Wildman–Crippen LogP) is 1.55. The molecule has 0 aromatic rings. The predicted molar refractivity (Wildman–Crippen MR) is 45.7 cm³/mol. The lowest BCUT2D eigenvalue weighted by atomic mass is 10.1. The number of aldehydes is 1. The van der Waals surface area contributed by atoms with E-state index >= 15 is 0 Å². The van der Waals surface area contributed by atoms with Crippen molar-refractivity contribution in [3.05, 3.63) is 0 Å². The van der Waals surface area contributed by atoms with Crippen LogP contribution in [0.25, 0.3) is 0 Å². The van der Waals surface area contributed by atoms with Crippen LogP contribution in [-0.4, -0.2) is 18.9 Å². The van der Waals surface area contributed by atoms with Crippen LogP contribution in [0.4, 0.5) is 0 Å². The lowest BCUT2D eigenvalue weighted by Gasteiger charge is -2.03. The van der Waals surface area contributed by atoms with Crippen molar-refractivity contribution in [3.8, 4) is 0 Å². The molecule has 0 heterocycles. The third-order valence-corrected chi connectivity index (χ3v) is 1.59. The van der Waals surface area contributed by atoms with E-state index in [1.165, 1.54) is 6.92 Å². The third kappa shape index (κ3) is 7.25. The van der Waals surface area contributed by atoms with Crippen LogP contribution in [0, 0.1) is 5.92 Å². The Morgan fingerprint density at radius 1 is 1.50 bits per heavy atom. The molecule has 0 aromatic carbocycles. The third-order valence-electron chi connectivity index (χ3n) is 1.59. The van der Waals surface area contributed by atoms with Crippen LogP contribution < -0.4 is 0 Å². The van der Waals surface area contributed by atoms with E-state index in [0.29, 0.717) is 6.61 Å². The highest BCUT2D eigenvalue weighted by Crippen LogP contribution is 2.04. The number of esters is 1. The first-order chi connectivity index (χ1) is 5.66. The van der Waals surface area contributed by atoms with Gasteiger partial charge in [0.05, 0.1) is 6.61 Å². The maximum Gasteiger partial charge on any atom is 0.302 e. The highest BCUT2D eigenvalue weighted by atomic mass is 16.5. The van der Waals surface area contributed by atoms with Crippen molar-refractivity contribution in [1.82, 2.24) is 0 Å². The van der Waals surface area contributed by atoms with Gasteiger partial charge in [0, 0.05) is 12.8 Å². The number of ether oxygens (including phenoxy) is 1. The second-order valence-electron chi connectivity index (χ2n) is 2.95. The number of hydrogen-bond donors (Lipinski definition) is 0. The fourth-order valence-corrected chi connectivity index (χ4v) is 0.852. The summed E-state index contributed by atoms with van der Waals surface area (Å²) in [5, 5.41) is 0. The van der Waals surface area contributed by atoms with Gasteiger partial charge in [-0.1, -0.05) is 6.92 Å². The molecule has 0 bridgehead atoms. The Balaban J connectivity index is 3.10. The van der Waals surface area contributed by atoms with Crippen molar-refractivity contribution in [2.75, 3.05) is 6.61 Å². The average molecular weight is 172 g/mol. The van der Waals surface area contributed by atoms with Crippen LogP contribution in [0.5, 0.6) is 0 Å². The zero-order valence-corrected chi connectivity index (χ0v) is 7.71. The summed E-state index contributed by atoms with van der Waals surface area (Å²) in [6.45, 7) is 3.76. The first-order valence-corrected chi connectivity index (χ1v) is 4.25. The Morgan fingerprint density at radius 3 is 2.67 bits per heavy atom. The molecule has 0 spiro atoms. The first kappa shape index (κ1) is 11.1. The topological polar surface area (TPSA) is 43.4 Å². The first-order valence-electron chi connectivity index (χ1n) is 4.25. The number of rotatable bonds is 6. The van der Waals surface area contributed by atoms with E-state index in [1.807, 2.05) is 6.92 Å². The molecule has 1 unspecified atom stereocenters. The summed E-state index contributed by atoms with van der Waals surface area (Å²) in [7, 11) is 0. The van der Waals surface area contributed by atoms with Gasteiger partial charge in [0.25, 0.3) is 0 Å². The molecule has 1 atom stereocenters. The van der Waals surface area contributed by atoms with Crippen molar-refractivity contribution >= 4 is 12.3 Å². The van der Waals surface area contributed by atoms with Gasteiger partial charge in [0.15, 0.2) is 0 Å². The quantitative estimate of drug-likeness (QED) is 0.347. The highest BCUT2D eigenvalue weighted by molar-refractivity contribution is 5.65. The van der Waals surface area contributed by atoms with E-state index < -0.39 is 0 Å². The van der Waals surface area contributed by atoms with Gasteiger partial charge < -0.3 is 9.53 Å². The summed E-state index contributed by atoms with van der Waals surface area (Å²) in [5.41, 5.74) is 0. The SMILES string of the molecule is CC(=O)OCCCCC(C)C=O. The molecule has 0 rings (SSSR count). The van der Waals surface area contributed by atoms with E-state index in [0.717, 1.165) is 25.5 Å². The second kappa shape index (κ2) is 6.83. The normalized spacial score (nSPS) is 12.2. The van der Waals surface area contributed by atoms with Crippen LogP contribution in [-0.2, 0) is 14.3 Å². The molecule has 0 aromatic heterocycles. The molecule has 12 heavy (non-hydrogen) atoms. The molecule has 0 fully saturated rings. The fraction of sp³-hybridized carbons (Fsp3) is 0.778. The van der Waals surface area contributed by atoms with E-state index in [4.69, 9.17) is 4.74 Å². The standard InChI is InChI=1S/C9H16O3/c1-8(7-10)5-3-4-6-12-9(2)11/h7-8H,3-6H2,1-2H3. The van der Waals surface area contributed by atoms with Crippen LogP contribution in [0.1, 0.15) is 33.1 Å². The average Bonchev–Trinajstić information content (AvgIpc) is 2.03. The molecular formula is C9H16O3. The Labute approximate surface area is 73.1 Å². The number of hydrogen-bond acceptors (Lipinski definition) is 3. The zero-order chi connectivity index (χ0) is 9.40. The van der Waals surface area contributed by atoms with Crippen LogP contribution in [0.3, 0.4) is 0 Å². The molecular weight excluding hydrogens is 156 g/mol. The van der Waals surface area contributed by atoms with Crippen LogP contribution >= 0.6 is 0 Å². The zero-order valence-electron chi connectivity index (χ0n) is 7.71. The molecule has 0 saturated carbocycles. The van der Waals surface area contributed by atoms with Gasteiger partial charge in [-0.05, 0) is 19.3 Å². The summed E-state index contributed by atoms with van der Waals surface area (Å²) >= 11 is 0. The van der Waals surface area contributed by atoms with Crippen molar-refractivity contribution < 1.29 is 14.3 Å². The smallest absolute Gasteiger partial charge is 0.302 e. The summed E-state index contributed by atoms with van der Waals surface area (Å²) in [6.07, 6.45) is 3.61. The van der Waals surface area contributed by atoms with E-state index in [2.05, 4.69) is 0 Å². The summed E-state index contributed by atoms with van der Waals surface area (Å²) in [5.74, 6) is -0.110. The van der Waals surface area contributed by atoms with Crippen LogP contribution in [0.15, 0.2) is 0 Å². The Morgan fingerprint density at radius 2 is 2.17 bits per heavy atom. The van der Waals surface area contributed by atoms with Crippen molar-refractivity contribution in [3.63, 3.8) is 0 Å². The van der Waals surface area contributed by atoms with Gasteiger partial charge in [-0.3, -0.25) is 4.79 Å². The molecule has 0 aliphatic heterocycles. The van der Waals surface area contributed by atoms with Gasteiger partial charge in [0.1, 0.15) is 6.29 Å². The molecule has 3 nitrogen and oxygen atoms in total. The summed E-state index contributed by atoms with van der Waals surface area (Å²) < 4.78 is 4.73. The van der Waals surface area contributed by atoms with Crippen molar-refractivity contribution in [1.29, 1.82) is 0 Å². The Hall–Kier alpha value is -0.860. The van der Waals surface area contributed by atoms with E-state index in [9.17, 15) is 9.59 Å². The molecule has 3 heteroatoms. The minimum atomic E-state index is -0.238. The maximum absolute atomic E-state index is 10.3. The Kier molecular flexibility index (Phi) is 6.34. The lowest BCUT2D eigenvalue weighted by molar-refractivity contribution is -0.141. The van der Waals surface area contributed by atoms with Crippen LogP contribution in [0.2, 0.25) is 0 Å². The lowest BCUT2D eigenvalue weighted by Crippen LogP contribution is -2.01. The molecule has 70 valence electrons. The van der Waals surface area contributed by atoms with Gasteiger partial charge in [-0.25, -0.2) is 0 Å². The monoisotopic (exact) mass is 172 g/mol. The second-order valence-corrected chi connectivity index (χ2v) is 2.95. The maximum atomic E-state index is 10.3. The molecule has 0 amide bonds. The fourth-order valence-electron chi connectivity index (χ4n) is 0.852.